The maximum absolute atomic E-state index is 13.2. The lowest BCUT2D eigenvalue weighted by Gasteiger charge is -2.13. The van der Waals surface area contributed by atoms with Crippen LogP contribution in [0.3, 0.4) is 0 Å². The van der Waals surface area contributed by atoms with E-state index >= 15 is 0 Å². The van der Waals surface area contributed by atoms with Gasteiger partial charge in [-0.3, -0.25) is 9.36 Å². The fourth-order valence-corrected chi connectivity index (χ4v) is 4.09. The first-order valence-corrected chi connectivity index (χ1v) is 10.4. The van der Waals surface area contributed by atoms with Crippen molar-refractivity contribution < 1.29 is 0 Å². The smallest absolute Gasteiger partial charge is 0.266 e. The van der Waals surface area contributed by atoms with E-state index in [4.69, 9.17) is 4.98 Å². The fraction of sp³-hybridized carbons (Fsp3) is 0.0909. The van der Waals surface area contributed by atoms with Crippen LogP contribution < -0.4 is 5.56 Å². The minimum atomic E-state index is -0.0469. The van der Waals surface area contributed by atoms with Crippen LogP contribution in [0.2, 0.25) is 0 Å². The maximum atomic E-state index is 13.2. The summed E-state index contributed by atoms with van der Waals surface area (Å²) >= 11 is 5.03. The lowest BCUT2D eigenvalue weighted by molar-refractivity contribution is 0.819. The summed E-state index contributed by atoms with van der Waals surface area (Å²) in [6, 6.07) is 23.7. The normalized spacial score (nSPS) is 11.0. The average Bonchev–Trinajstić information content (AvgIpc) is 2.69. The second-order valence-electron chi connectivity index (χ2n) is 6.30. The zero-order valence-electron chi connectivity index (χ0n) is 14.7. The number of hydrogen-bond donors (Lipinski definition) is 0. The molecule has 1 heterocycles. The second-order valence-corrected chi connectivity index (χ2v) is 8.16. The van der Waals surface area contributed by atoms with Gasteiger partial charge in [-0.2, -0.15) is 0 Å². The van der Waals surface area contributed by atoms with Gasteiger partial charge in [-0.15, -0.1) is 0 Å². The van der Waals surface area contributed by atoms with Crippen molar-refractivity contribution in [1.82, 2.24) is 9.55 Å². The van der Waals surface area contributed by atoms with Crippen molar-refractivity contribution in [3.05, 3.63) is 98.7 Å². The Bertz CT molecular complexity index is 1150. The van der Waals surface area contributed by atoms with E-state index in [1.165, 1.54) is 11.1 Å². The molecule has 0 saturated carbocycles. The molecule has 0 aliphatic heterocycles. The third-order valence-corrected chi connectivity index (χ3v) is 5.86. The number of aromatic nitrogens is 2. The van der Waals surface area contributed by atoms with Crippen molar-refractivity contribution in [3.63, 3.8) is 0 Å². The quantitative estimate of drug-likeness (QED) is 0.301. The number of halogens is 1. The molecule has 3 aromatic carbocycles. The molecular weight excluding hydrogens is 420 g/mol. The van der Waals surface area contributed by atoms with Crippen LogP contribution in [0.15, 0.2) is 87.2 Å². The Morgan fingerprint density at radius 3 is 2.41 bits per heavy atom. The highest BCUT2D eigenvalue weighted by Gasteiger charge is 2.13. The Hall–Kier alpha value is -2.37. The number of fused-ring (bicyclic) bond motifs is 1. The van der Waals surface area contributed by atoms with Gasteiger partial charge in [0.2, 0.25) is 0 Å². The predicted molar refractivity (Wildman–Crippen MR) is 116 cm³/mol. The number of thioether (sulfide) groups is 1. The molecule has 0 aliphatic carbocycles. The Labute approximate surface area is 170 Å². The molecule has 0 N–H and O–H groups in total. The van der Waals surface area contributed by atoms with E-state index in [9.17, 15) is 4.79 Å². The van der Waals surface area contributed by atoms with Gasteiger partial charge in [-0.1, -0.05) is 69.7 Å². The number of rotatable bonds is 4. The standard InChI is InChI=1S/C22H17BrN2OS/c1-15-6-8-16(9-7-15)14-27-22-24-20-5-3-2-4-19(20)21(26)25(22)18-12-10-17(23)11-13-18/h2-13H,14H2,1H3. The van der Waals surface area contributed by atoms with E-state index in [-0.39, 0.29) is 5.56 Å². The van der Waals surface area contributed by atoms with Gasteiger partial charge in [0.05, 0.1) is 16.6 Å². The molecule has 4 rings (SSSR count). The fourth-order valence-electron chi connectivity index (χ4n) is 2.86. The predicted octanol–water partition coefficient (Wildman–Crippen LogP) is 5.75. The third-order valence-electron chi connectivity index (χ3n) is 4.32. The Morgan fingerprint density at radius 2 is 1.67 bits per heavy atom. The molecule has 4 aromatic rings. The van der Waals surface area contributed by atoms with Gasteiger partial charge in [0.15, 0.2) is 5.16 Å². The van der Waals surface area contributed by atoms with E-state index in [0.29, 0.717) is 10.5 Å². The van der Waals surface area contributed by atoms with Crippen molar-refractivity contribution in [2.75, 3.05) is 0 Å². The minimum Gasteiger partial charge on any atom is -0.268 e. The van der Waals surface area contributed by atoms with E-state index in [1.807, 2.05) is 48.5 Å². The number of aryl methyl sites for hydroxylation is 1. The molecule has 5 heteroatoms. The molecule has 134 valence electrons. The lowest BCUT2D eigenvalue weighted by Crippen LogP contribution is -2.21. The van der Waals surface area contributed by atoms with Gasteiger partial charge in [0.1, 0.15) is 0 Å². The number of benzene rings is 3. The van der Waals surface area contributed by atoms with Gasteiger partial charge in [0.25, 0.3) is 5.56 Å². The highest BCUT2D eigenvalue weighted by Crippen LogP contribution is 2.25. The van der Waals surface area contributed by atoms with Crippen molar-refractivity contribution in [2.24, 2.45) is 0 Å². The number of hydrogen-bond acceptors (Lipinski definition) is 3. The summed E-state index contributed by atoms with van der Waals surface area (Å²) in [6.45, 7) is 2.08. The molecule has 0 fully saturated rings. The highest BCUT2D eigenvalue weighted by atomic mass is 79.9. The Kier molecular flexibility index (Phi) is 5.14. The largest absolute Gasteiger partial charge is 0.268 e. The molecular formula is C22H17BrN2OS. The van der Waals surface area contributed by atoms with Crippen LogP contribution in [-0.2, 0) is 5.75 Å². The monoisotopic (exact) mass is 436 g/mol. The van der Waals surface area contributed by atoms with Crippen LogP contribution in [0.25, 0.3) is 16.6 Å². The van der Waals surface area contributed by atoms with E-state index in [1.54, 1.807) is 16.3 Å². The van der Waals surface area contributed by atoms with Gasteiger partial charge in [0, 0.05) is 10.2 Å². The van der Waals surface area contributed by atoms with Crippen molar-refractivity contribution >= 4 is 38.6 Å². The number of nitrogens with zero attached hydrogens (tertiary/aromatic N) is 2. The summed E-state index contributed by atoms with van der Waals surface area (Å²) in [4.78, 5) is 18.0. The molecule has 0 radical (unpaired) electrons. The van der Waals surface area contributed by atoms with Crippen LogP contribution >= 0.6 is 27.7 Å². The summed E-state index contributed by atoms with van der Waals surface area (Å²) < 4.78 is 2.68. The van der Waals surface area contributed by atoms with Gasteiger partial charge in [-0.25, -0.2) is 4.98 Å². The second kappa shape index (κ2) is 7.71. The molecule has 0 bridgehead atoms. The zero-order valence-corrected chi connectivity index (χ0v) is 17.1. The molecule has 3 nitrogen and oxygen atoms in total. The van der Waals surface area contributed by atoms with E-state index in [0.717, 1.165) is 21.4 Å². The van der Waals surface area contributed by atoms with Gasteiger partial charge in [-0.05, 0) is 48.9 Å². The molecule has 0 atom stereocenters. The van der Waals surface area contributed by atoms with Crippen LogP contribution in [0.4, 0.5) is 0 Å². The van der Waals surface area contributed by atoms with Crippen LogP contribution in [0, 0.1) is 6.92 Å². The first-order valence-electron chi connectivity index (χ1n) is 8.58. The first kappa shape index (κ1) is 18.0. The minimum absolute atomic E-state index is 0.0469. The van der Waals surface area contributed by atoms with Gasteiger partial charge >= 0.3 is 0 Å². The summed E-state index contributed by atoms with van der Waals surface area (Å²) in [6.07, 6.45) is 0. The van der Waals surface area contributed by atoms with E-state index < -0.39 is 0 Å². The third kappa shape index (κ3) is 3.84. The highest BCUT2D eigenvalue weighted by molar-refractivity contribution is 9.10. The maximum Gasteiger partial charge on any atom is 0.266 e. The molecule has 0 aliphatic rings. The van der Waals surface area contributed by atoms with Crippen molar-refractivity contribution in [1.29, 1.82) is 0 Å². The van der Waals surface area contributed by atoms with Crippen molar-refractivity contribution in [2.45, 2.75) is 17.8 Å². The van der Waals surface area contributed by atoms with Crippen LogP contribution in [-0.4, -0.2) is 9.55 Å². The molecule has 0 unspecified atom stereocenters. The molecule has 1 aromatic heterocycles. The molecule has 0 amide bonds. The summed E-state index contributed by atoms with van der Waals surface area (Å²) in [7, 11) is 0. The summed E-state index contributed by atoms with van der Waals surface area (Å²) in [5, 5.41) is 1.32. The first-order chi connectivity index (χ1) is 13.1. The SMILES string of the molecule is Cc1ccc(CSc2nc3ccccc3c(=O)n2-c2ccc(Br)cc2)cc1. The summed E-state index contributed by atoms with van der Waals surface area (Å²) in [5.41, 5.74) is 3.93. The topological polar surface area (TPSA) is 34.9 Å². The average molecular weight is 437 g/mol. The Balaban J connectivity index is 1.81. The lowest BCUT2D eigenvalue weighted by atomic mass is 10.2. The summed E-state index contributed by atoms with van der Waals surface area (Å²) in [5.74, 6) is 0.752. The molecule has 27 heavy (non-hydrogen) atoms. The molecule has 0 spiro atoms. The zero-order chi connectivity index (χ0) is 18.8. The Morgan fingerprint density at radius 1 is 0.963 bits per heavy atom. The van der Waals surface area contributed by atoms with E-state index in [2.05, 4.69) is 47.1 Å². The molecule has 0 saturated heterocycles. The van der Waals surface area contributed by atoms with Crippen LogP contribution in [0.1, 0.15) is 11.1 Å². The van der Waals surface area contributed by atoms with Gasteiger partial charge < -0.3 is 0 Å². The van der Waals surface area contributed by atoms with Crippen LogP contribution in [0.5, 0.6) is 0 Å². The van der Waals surface area contributed by atoms with Crippen molar-refractivity contribution in [3.8, 4) is 5.69 Å². The number of para-hydroxylation sites is 1.